The van der Waals surface area contributed by atoms with Crippen molar-refractivity contribution in [1.29, 1.82) is 5.26 Å². The summed E-state index contributed by atoms with van der Waals surface area (Å²) in [4.78, 5) is 23.3. The van der Waals surface area contributed by atoms with Crippen LogP contribution in [0.25, 0.3) is 0 Å². The molecule has 1 aromatic carbocycles. The molecule has 1 heterocycles. The quantitative estimate of drug-likeness (QED) is 0.855. The van der Waals surface area contributed by atoms with Crippen LogP contribution in [-0.2, 0) is 4.79 Å². The Morgan fingerprint density at radius 1 is 1.38 bits per heavy atom. The van der Waals surface area contributed by atoms with Gasteiger partial charge in [-0.3, -0.25) is 4.79 Å². The zero-order chi connectivity index (χ0) is 15.4. The number of nitrogens with zero attached hydrogens (tertiary/aromatic N) is 1. The number of nitriles is 1. The van der Waals surface area contributed by atoms with Gasteiger partial charge in [0.25, 0.3) is 0 Å². The number of thiophene rings is 1. The van der Waals surface area contributed by atoms with Crippen molar-refractivity contribution in [3.05, 3.63) is 50.7 Å². The fourth-order valence-electron chi connectivity index (χ4n) is 1.59. The van der Waals surface area contributed by atoms with Crippen LogP contribution in [-0.4, -0.2) is 23.5 Å². The highest BCUT2D eigenvalue weighted by atomic mass is 35.5. The van der Waals surface area contributed by atoms with Gasteiger partial charge in [0.1, 0.15) is 11.8 Å². The van der Waals surface area contributed by atoms with E-state index in [1.165, 1.54) is 24.3 Å². The first-order valence-electron chi connectivity index (χ1n) is 5.68. The molecular formula is C14H8ClNO4S. The maximum atomic E-state index is 12.4. The molecule has 0 aliphatic heterocycles. The summed E-state index contributed by atoms with van der Waals surface area (Å²) in [6.45, 7) is -0.560. The summed E-state index contributed by atoms with van der Waals surface area (Å²) in [5.41, 5.74) is 0.550. The first-order valence-corrected chi connectivity index (χ1v) is 6.94. The third kappa shape index (κ3) is 3.60. The van der Waals surface area contributed by atoms with Crippen molar-refractivity contribution >= 4 is 34.7 Å². The van der Waals surface area contributed by atoms with Crippen molar-refractivity contribution in [2.75, 3.05) is 6.61 Å². The normalized spacial score (nSPS) is 9.90. The number of carboxylic acid groups (broad SMARTS) is 1. The Hall–Kier alpha value is -2.36. The predicted molar refractivity (Wildman–Crippen MR) is 77.0 cm³/mol. The lowest BCUT2D eigenvalue weighted by Crippen LogP contribution is -2.12. The van der Waals surface area contributed by atoms with Gasteiger partial charge < -0.3 is 9.84 Å². The third-order valence-corrected chi connectivity index (χ3v) is 3.65. The Kier molecular flexibility index (Phi) is 4.58. The number of aliphatic carboxylic acids is 1. The molecule has 2 rings (SSSR count). The maximum Gasteiger partial charge on any atom is 0.341 e. The third-order valence-electron chi connectivity index (χ3n) is 2.49. The van der Waals surface area contributed by atoms with Crippen LogP contribution in [0.2, 0.25) is 5.02 Å². The van der Waals surface area contributed by atoms with Crippen molar-refractivity contribution in [2.24, 2.45) is 0 Å². The highest BCUT2D eigenvalue weighted by Gasteiger charge is 2.18. The highest BCUT2D eigenvalue weighted by molar-refractivity contribution is 7.12. The van der Waals surface area contributed by atoms with E-state index in [1.807, 2.05) is 6.07 Å². The molecule has 106 valence electrons. The zero-order valence-electron chi connectivity index (χ0n) is 10.5. The lowest BCUT2D eigenvalue weighted by atomic mass is 10.1. The Bertz CT molecular complexity index is 748. The van der Waals surface area contributed by atoms with Gasteiger partial charge in [0, 0.05) is 10.4 Å². The Morgan fingerprint density at radius 2 is 2.14 bits per heavy atom. The van der Waals surface area contributed by atoms with Crippen LogP contribution in [0.5, 0.6) is 5.75 Å². The van der Waals surface area contributed by atoms with Crippen LogP contribution >= 0.6 is 22.9 Å². The summed E-state index contributed by atoms with van der Waals surface area (Å²) in [6, 6.07) is 7.77. The largest absolute Gasteiger partial charge is 0.481 e. The monoisotopic (exact) mass is 321 g/mol. The van der Waals surface area contributed by atoms with Gasteiger partial charge in [0.05, 0.1) is 16.0 Å². The number of hydrogen-bond donors (Lipinski definition) is 1. The van der Waals surface area contributed by atoms with Crippen molar-refractivity contribution in [1.82, 2.24) is 0 Å². The lowest BCUT2D eigenvalue weighted by Gasteiger charge is -2.09. The summed E-state index contributed by atoms with van der Waals surface area (Å²) in [6.07, 6.45) is 0. The molecule has 0 aliphatic carbocycles. The van der Waals surface area contributed by atoms with Gasteiger partial charge in [-0.2, -0.15) is 5.26 Å². The minimum absolute atomic E-state index is 0.138. The molecule has 0 saturated carbocycles. The van der Waals surface area contributed by atoms with Crippen molar-refractivity contribution < 1.29 is 19.4 Å². The first kappa shape index (κ1) is 15.0. The van der Waals surface area contributed by atoms with Gasteiger partial charge in [0.2, 0.25) is 5.78 Å². The number of ether oxygens (including phenoxy) is 1. The Balaban J connectivity index is 2.36. The summed E-state index contributed by atoms with van der Waals surface area (Å²) in [7, 11) is 0. The molecule has 7 heteroatoms. The van der Waals surface area contributed by atoms with Gasteiger partial charge in [0.15, 0.2) is 6.61 Å². The molecule has 0 bridgehead atoms. The summed E-state index contributed by atoms with van der Waals surface area (Å²) in [5, 5.41) is 19.3. The van der Waals surface area contributed by atoms with Crippen LogP contribution in [0, 0.1) is 11.3 Å². The summed E-state index contributed by atoms with van der Waals surface area (Å²) < 4.78 is 5.09. The standard InChI is InChI=1S/C14H8ClNO4S/c15-9-1-2-11(20-6-13(17)18)10(4-9)14(19)12-3-8(5-16)7-21-12/h1-4,7H,6H2,(H,17,18). The van der Waals surface area contributed by atoms with Gasteiger partial charge >= 0.3 is 5.97 Å². The summed E-state index contributed by atoms with van der Waals surface area (Å²) >= 11 is 7.00. The van der Waals surface area contributed by atoms with Gasteiger partial charge in [-0.15, -0.1) is 11.3 Å². The van der Waals surface area contributed by atoms with E-state index < -0.39 is 12.6 Å². The number of ketones is 1. The van der Waals surface area contributed by atoms with Crippen LogP contribution in [0.15, 0.2) is 29.6 Å². The van der Waals surface area contributed by atoms with E-state index in [4.69, 9.17) is 26.7 Å². The number of rotatable bonds is 5. The molecule has 5 nitrogen and oxygen atoms in total. The van der Waals surface area contributed by atoms with Crippen molar-refractivity contribution in [3.8, 4) is 11.8 Å². The molecule has 1 aromatic heterocycles. The molecule has 1 N–H and O–H groups in total. The molecular weight excluding hydrogens is 314 g/mol. The number of carboxylic acids is 1. The van der Waals surface area contributed by atoms with Crippen molar-refractivity contribution in [3.63, 3.8) is 0 Å². The number of halogens is 1. The van der Waals surface area contributed by atoms with Crippen LogP contribution in [0.3, 0.4) is 0 Å². The average Bonchev–Trinajstić information content (AvgIpc) is 2.94. The van der Waals surface area contributed by atoms with E-state index in [1.54, 1.807) is 5.38 Å². The fraction of sp³-hybridized carbons (Fsp3) is 0.0714. The van der Waals surface area contributed by atoms with E-state index in [9.17, 15) is 9.59 Å². The minimum atomic E-state index is -1.15. The molecule has 0 aliphatic rings. The minimum Gasteiger partial charge on any atom is -0.481 e. The van der Waals surface area contributed by atoms with Crippen molar-refractivity contribution in [2.45, 2.75) is 0 Å². The molecule has 2 aromatic rings. The number of hydrogen-bond acceptors (Lipinski definition) is 5. The molecule has 21 heavy (non-hydrogen) atoms. The van der Waals surface area contributed by atoms with Gasteiger partial charge in [-0.1, -0.05) is 11.6 Å². The zero-order valence-corrected chi connectivity index (χ0v) is 12.1. The molecule has 0 unspecified atom stereocenters. The van der Waals surface area contributed by atoms with Gasteiger partial charge in [-0.05, 0) is 24.3 Å². The second kappa shape index (κ2) is 6.39. The maximum absolute atomic E-state index is 12.4. The highest BCUT2D eigenvalue weighted by Crippen LogP contribution is 2.27. The number of carbonyl (C=O) groups excluding carboxylic acids is 1. The second-order valence-electron chi connectivity index (χ2n) is 3.96. The predicted octanol–water partition coefficient (Wildman–Crippen LogP) is 2.97. The van der Waals surface area contributed by atoms with E-state index >= 15 is 0 Å². The van der Waals surface area contributed by atoms with Gasteiger partial charge in [-0.25, -0.2) is 4.79 Å². The Morgan fingerprint density at radius 3 is 2.76 bits per heavy atom. The molecule has 0 atom stereocenters. The lowest BCUT2D eigenvalue weighted by molar-refractivity contribution is -0.139. The molecule has 0 amide bonds. The average molecular weight is 322 g/mol. The molecule has 0 radical (unpaired) electrons. The van der Waals surface area contributed by atoms with E-state index in [2.05, 4.69) is 0 Å². The van der Waals surface area contributed by atoms with E-state index in [0.29, 0.717) is 15.5 Å². The molecule has 0 saturated heterocycles. The first-order chi connectivity index (χ1) is 10.0. The number of carbonyl (C=O) groups is 2. The van der Waals surface area contributed by atoms with Crippen LogP contribution in [0.4, 0.5) is 0 Å². The second-order valence-corrected chi connectivity index (χ2v) is 5.31. The smallest absolute Gasteiger partial charge is 0.341 e. The van der Waals surface area contributed by atoms with Crippen LogP contribution < -0.4 is 4.74 Å². The van der Waals surface area contributed by atoms with E-state index in [0.717, 1.165) is 11.3 Å². The topological polar surface area (TPSA) is 87.4 Å². The fourth-order valence-corrected chi connectivity index (χ4v) is 2.55. The molecule has 0 fully saturated rings. The van der Waals surface area contributed by atoms with Crippen LogP contribution in [0.1, 0.15) is 20.8 Å². The molecule has 0 spiro atoms. The Labute approximate surface area is 129 Å². The number of benzene rings is 1. The SMILES string of the molecule is N#Cc1csc(C(=O)c2cc(Cl)ccc2OCC(=O)O)c1. The van der Waals surface area contributed by atoms with E-state index in [-0.39, 0.29) is 17.1 Å². The summed E-state index contributed by atoms with van der Waals surface area (Å²) in [5.74, 6) is -1.38.